The van der Waals surface area contributed by atoms with Crippen molar-refractivity contribution in [2.45, 2.75) is 114 Å². The van der Waals surface area contributed by atoms with Gasteiger partial charge in [-0.3, -0.25) is 0 Å². The van der Waals surface area contributed by atoms with Crippen LogP contribution in [0.2, 0.25) is 0 Å². The third-order valence-corrected chi connectivity index (χ3v) is 20.4. The van der Waals surface area contributed by atoms with Gasteiger partial charge in [0.25, 0.3) is 0 Å². The van der Waals surface area contributed by atoms with Crippen LogP contribution in [0.1, 0.15) is 82.0 Å². The highest BCUT2D eigenvalue weighted by Gasteiger charge is 2.35. The monoisotopic (exact) mass is 1360 g/mol. The van der Waals surface area contributed by atoms with Gasteiger partial charge in [0.05, 0.1) is 28.4 Å². The zero-order valence-corrected chi connectivity index (χ0v) is 60.5. The first kappa shape index (κ1) is 60.4. The fraction of sp³-hybridized carbons (Fsp3) is 0.241. The van der Waals surface area contributed by atoms with Crippen molar-refractivity contribution in [2.24, 2.45) is 0 Å². The van der Waals surface area contributed by atoms with E-state index in [0.717, 1.165) is 94.9 Å². The number of aromatic nitrogens is 2. The van der Waals surface area contributed by atoms with Crippen LogP contribution in [0.15, 0.2) is 251 Å². The van der Waals surface area contributed by atoms with E-state index in [4.69, 9.17) is 26.5 Å². The molecule has 102 heavy (non-hydrogen) atoms. The molecule has 8 aromatic carbocycles. The zero-order valence-electron chi connectivity index (χ0n) is 66.5. The molecule has 0 radical (unpaired) electrons. The molecule has 15 heteroatoms. The maximum Gasteiger partial charge on any atom is 0.227 e. The van der Waals surface area contributed by atoms with Crippen LogP contribution >= 0.6 is 0 Å². The van der Waals surface area contributed by atoms with E-state index in [1.165, 1.54) is 60.0 Å². The summed E-state index contributed by atoms with van der Waals surface area (Å²) in [5, 5.41) is 5.38. The number of rotatable bonds is 6. The first-order valence-corrected chi connectivity index (χ1v) is 34.9. The molecule has 0 fully saturated rings. The molecular weight excluding hydrogens is 1260 g/mol. The Bertz CT molecular complexity index is 5630. The second kappa shape index (κ2) is 27.9. The summed E-state index contributed by atoms with van der Waals surface area (Å²) in [6.45, 7) is 20.5. The minimum Gasteiger partial charge on any atom is -0.454 e. The summed E-state index contributed by atoms with van der Waals surface area (Å²) < 4.78 is 64.0. The van der Waals surface area contributed by atoms with Crippen molar-refractivity contribution >= 4 is 112 Å². The van der Waals surface area contributed by atoms with E-state index in [1.54, 1.807) is 18.6 Å². The summed E-state index contributed by atoms with van der Waals surface area (Å²) >= 11 is 0. The maximum atomic E-state index is 7.69. The number of pyridine rings is 2. The van der Waals surface area contributed by atoms with Crippen molar-refractivity contribution < 1.29 is 21.5 Å². The van der Waals surface area contributed by atoms with Gasteiger partial charge in [0, 0.05) is 141 Å². The summed E-state index contributed by atoms with van der Waals surface area (Å²) in [5.74, 6) is 0. The molecule has 0 aliphatic carbocycles. The highest BCUT2D eigenvalue weighted by molar-refractivity contribution is 6.11. The second-order valence-corrected chi connectivity index (χ2v) is 27.0. The van der Waals surface area contributed by atoms with Gasteiger partial charge in [-0.25, -0.2) is 9.97 Å². The van der Waals surface area contributed by atoms with E-state index in [-0.39, 0.29) is 18.5 Å². The maximum absolute atomic E-state index is 7.69. The van der Waals surface area contributed by atoms with Crippen LogP contribution in [0.25, 0.3) is 66.1 Å². The van der Waals surface area contributed by atoms with Crippen LogP contribution in [0.3, 0.4) is 0 Å². The van der Waals surface area contributed by atoms with Gasteiger partial charge in [0.15, 0.2) is 22.3 Å². The van der Waals surface area contributed by atoms with E-state index in [2.05, 4.69) is 224 Å². The van der Waals surface area contributed by atoms with Crippen LogP contribution in [0.5, 0.6) is 0 Å². The Balaban J connectivity index is 0.000000114. The Morgan fingerprint density at radius 1 is 0.324 bits per heavy atom. The number of benzene rings is 8. The summed E-state index contributed by atoms with van der Waals surface area (Å²) in [4.78, 5) is 29.6. The molecule has 0 spiro atoms. The largest absolute Gasteiger partial charge is 0.454 e. The average molecular weight is 1360 g/mol. The molecule has 518 valence electrons. The predicted molar refractivity (Wildman–Crippen MR) is 426 cm³/mol. The minimum absolute atomic E-state index is 0.191. The zero-order chi connectivity index (χ0) is 76.4. The number of fused-ring (bicyclic) bond motifs is 10. The van der Waals surface area contributed by atoms with Gasteiger partial charge >= 0.3 is 0 Å². The number of nitrogens with zero attached hydrogens (tertiary/aromatic N) is 12. The topological polar surface area (TPSA) is 97.6 Å². The predicted octanol–water partition coefficient (Wildman–Crippen LogP) is 20.9. The molecule has 0 bridgehead atoms. The van der Waals surface area contributed by atoms with Crippen molar-refractivity contribution in [1.82, 2.24) is 24.7 Å². The molecule has 0 amide bonds. The molecule has 10 heterocycles. The van der Waals surface area contributed by atoms with Crippen molar-refractivity contribution in [1.29, 1.82) is 0 Å². The van der Waals surface area contributed by atoms with Gasteiger partial charge in [-0.15, -0.1) is 0 Å². The Morgan fingerprint density at radius 3 is 1.39 bits per heavy atom. The number of furan rings is 3. The van der Waals surface area contributed by atoms with Crippen molar-refractivity contribution in [3.63, 3.8) is 0 Å². The molecule has 5 atom stereocenters. The molecule has 15 nitrogen and oxygen atoms in total. The van der Waals surface area contributed by atoms with Crippen LogP contribution in [0, 0.1) is 48.5 Å². The smallest absolute Gasteiger partial charge is 0.227 e. The number of hydrogen-bond acceptors (Lipinski definition) is 15. The van der Waals surface area contributed by atoms with E-state index >= 15 is 0 Å². The number of para-hydroxylation sites is 6. The third-order valence-electron chi connectivity index (χ3n) is 20.4. The molecule has 18 rings (SSSR count). The summed E-state index contributed by atoms with van der Waals surface area (Å²) in [6, 6.07) is 64.4. The lowest BCUT2D eigenvalue weighted by molar-refractivity contribution is 0.383. The Morgan fingerprint density at radius 2 is 0.775 bits per heavy atom. The van der Waals surface area contributed by atoms with Crippen molar-refractivity contribution in [2.75, 3.05) is 62.3 Å². The van der Waals surface area contributed by atoms with E-state index in [1.807, 2.05) is 136 Å². The van der Waals surface area contributed by atoms with E-state index < -0.39 is 14.0 Å². The summed E-state index contributed by atoms with van der Waals surface area (Å²) in [6.07, 6.45) is 15.7. The fourth-order valence-corrected chi connectivity index (χ4v) is 14.3. The Hall–Kier alpha value is -11.6. The summed E-state index contributed by atoms with van der Waals surface area (Å²) in [5.41, 5.74) is 22.9. The Kier molecular flexibility index (Phi) is 16.5. The SMILES string of the molecule is Cc1ccc2c(oc3ccccc32)c1N1C=CN(C)[C@@H]1C.Cc1ccc2oc3c(N4c5ccccc5N(C)[C@@H]4C)c(C)ccc3c2n1.Cc1ccccc1N1C=CN(c2ccccc2)[C@@H]1C.[2H]C([2H])([2H])N1C=CN(c2c(C)ccc3c2oc2nc(C)ccc23)[C@H]1C.[2H]C([2H])([2H])N1C=CN(c2ccccc2C)[C@H]1C. The molecule has 0 N–H and O–H groups in total. The van der Waals surface area contributed by atoms with Gasteiger partial charge in [-0.05, 0) is 184 Å². The summed E-state index contributed by atoms with van der Waals surface area (Å²) in [7, 11) is 4.23. The van der Waals surface area contributed by atoms with Crippen molar-refractivity contribution in [3.8, 4) is 0 Å². The first-order valence-electron chi connectivity index (χ1n) is 37.9. The van der Waals surface area contributed by atoms with Crippen LogP contribution in [-0.4, -0.2) is 83.5 Å². The minimum atomic E-state index is -2.18. The highest BCUT2D eigenvalue weighted by Crippen LogP contribution is 2.48. The standard InChI is InChI=1S/C22H21N3O.C18H19N3O.C18H18N2O.C17H18N2.C12H16N2/c1-13-9-11-16-20-19(12-10-14(2)23-20)26-22(16)21(13)25-15(3)24(4)17-7-5-6-8-18(17)25;1-11-5-7-14-15-8-6-12(2)19-18(15)22-17(14)16(11)21-10-9-20(4)13(21)3;1-12-8-9-15-14-6-4-5-7-16(14)21-18(15)17(12)20-11-10-19(3)13(20)2;1-14-8-6-7-11-17(14)19-13-12-18(15(19)2)16-9-4-3-5-10-16;1-10-6-4-5-7-12(10)14-9-8-13(3)11(14)2/h5-12,15H,1-4H3;5-10,13H,1-4H3;4-11,13H,1-3H3;3-13,15H,1-2H3;4-9,11H,1-3H3/t15-;2*13-;15-;11-/m00000/s1/i;4D3;;;3D3. The van der Waals surface area contributed by atoms with Gasteiger partial charge in [-0.1, -0.05) is 115 Å². The normalized spacial score (nSPS) is 19.3. The van der Waals surface area contributed by atoms with E-state index in [0.29, 0.717) is 18.0 Å². The van der Waals surface area contributed by atoms with Crippen LogP contribution in [0.4, 0.5) is 45.5 Å². The second-order valence-electron chi connectivity index (χ2n) is 27.0. The lowest BCUT2D eigenvalue weighted by Crippen LogP contribution is -2.36. The average Bonchev–Trinajstić information content (AvgIpc) is 1.60. The van der Waals surface area contributed by atoms with Gasteiger partial charge < -0.3 is 62.3 Å². The first-order chi connectivity index (χ1) is 51.7. The molecule has 0 saturated heterocycles. The third kappa shape index (κ3) is 12.4. The number of anilines is 8. The molecule has 5 aliphatic rings. The number of aryl methyl sites for hydroxylation is 7. The molecular formula is C87H92N12O3. The molecule has 5 aromatic heterocycles. The lowest BCUT2D eigenvalue weighted by atomic mass is 10.1. The lowest BCUT2D eigenvalue weighted by Gasteiger charge is -2.30. The quantitative estimate of drug-likeness (QED) is 0.158. The molecule has 5 aliphatic heterocycles. The van der Waals surface area contributed by atoms with E-state index in [9.17, 15) is 0 Å². The van der Waals surface area contributed by atoms with Crippen LogP contribution in [-0.2, 0) is 0 Å². The van der Waals surface area contributed by atoms with Gasteiger partial charge in [-0.2, -0.15) is 0 Å². The van der Waals surface area contributed by atoms with Gasteiger partial charge in [0.1, 0.15) is 41.9 Å². The molecule has 0 unspecified atom stereocenters. The number of hydrogen-bond donors (Lipinski definition) is 0. The fourth-order valence-electron chi connectivity index (χ4n) is 14.3. The Labute approximate surface area is 608 Å². The highest BCUT2D eigenvalue weighted by atomic mass is 16.3. The molecule has 13 aromatic rings. The van der Waals surface area contributed by atoms with Crippen molar-refractivity contribution in [3.05, 3.63) is 277 Å². The molecule has 0 saturated carbocycles. The van der Waals surface area contributed by atoms with Crippen LogP contribution < -0.4 is 34.3 Å². The van der Waals surface area contributed by atoms with Gasteiger partial charge in [0.2, 0.25) is 5.71 Å².